The Morgan fingerprint density at radius 2 is 1.62 bits per heavy atom. The molecule has 0 saturated carbocycles. The van der Waals surface area contributed by atoms with E-state index < -0.39 is 5.97 Å². The minimum absolute atomic E-state index is 0.0206. The molecule has 5 heteroatoms. The Labute approximate surface area is 189 Å². The first-order chi connectivity index (χ1) is 15.6. The van der Waals surface area contributed by atoms with E-state index in [0.29, 0.717) is 19.0 Å². The molecular formula is C27H29NO4. The van der Waals surface area contributed by atoms with Crippen LogP contribution in [0.4, 0.5) is 0 Å². The van der Waals surface area contributed by atoms with Crippen LogP contribution < -0.4 is 4.74 Å². The Bertz CT molecular complexity index is 1040. The number of rotatable bonds is 11. The SMILES string of the molecule is CCC/C(=N\OCCOc1cccc(CC(=O)O)c1C)c1ccc(-c2ccccc2)cc1. The minimum atomic E-state index is -0.858. The Morgan fingerprint density at radius 3 is 2.31 bits per heavy atom. The zero-order valence-corrected chi connectivity index (χ0v) is 18.6. The average molecular weight is 432 g/mol. The highest BCUT2D eigenvalue weighted by Gasteiger charge is 2.09. The number of hydrogen-bond acceptors (Lipinski definition) is 4. The van der Waals surface area contributed by atoms with Crippen LogP contribution in [0.25, 0.3) is 11.1 Å². The normalized spacial score (nSPS) is 11.2. The molecular weight excluding hydrogens is 402 g/mol. The van der Waals surface area contributed by atoms with E-state index in [1.807, 2.05) is 31.2 Å². The van der Waals surface area contributed by atoms with Gasteiger partial charge in [0.05, 0.1) is 12.1 Å². The molecule has 1 N–H and O–H groups in total. The standard InChI is InChI=1S/C27H29NO4/c1-3-8-25(23-15-13-22(14-16-23)21-9-5-4-6-10-21)28-32-18-17-31-26-12-7-11-24(20(26)2)19-27(29)30/h4-7,9-16H,3,8,17-19H2,1-2H3,(H,29,30)/b28-25+. The van der Waals surface area contributed by atoms with Crippen LogP contribution in [0.15, 0.2) is 78.0 Å². The summed E-state index contributed by atoms with van der Waals surface area (Å²) in [4.78, 5) is 16.5. The van der Waals surface area contributed by atoms with Gasteiger partial charge in [-0.3, -0.25) is 4.79 Å². The molecule has 0 saturated heterocycles. The van der Waals surface area contributed by atoms with Crippen LogP contribution in [0.5, 0.6) is 5.75 Å². The lowest BCUT2D eigenvalue weighted by Crippen LogP contribution is -2.09. The lowest BCUT2D eigenvalue weighted by atomic mass is 10.0. The highest BCUT2D eigenvalue weighted by atomic mass is 16.6. The number of carbonyl (C=O) groups is 1. The van der Waals surface area contributed by atoms with Gasteiger partial charge in [0.25, 0.3) is 0 Å². The van der Waals surface area contributed by atoms with E-state index in [9.17, 15) is 4.79 Å². The van der Waals surface area contributed by atoms with Crippen LogP contribution in [-0.4, -0.2) is 30.0 Å². The molecule has 3 aromatic rings. The van der Waals surface area contributed by atoms with Crippen LogP contribution in [0.1, 0.15) is 36.5 Å². The van der Waals surface area contributed by atoms with Crippen molar-refractivity contribution in [3.05, 3.63) is 89.5 Å². The van der Waals surface area contributed by atoms with E-state index in [4.69, 9.17) is 14.7 Å². The van der Waals surface area contributed by atoms with Crippen molar-refractivity contribution in [3.63, 3.8) is 0 Å². The molecule has 0 atom stereocenters. The molecule has 0 aromatic heterocycles. The monoisotopic (exact) mass is 431 g/mol. The van der Waals surface area contributed by atoms with Crippen molar-refractivity contribution in [3.8, 4) is 16.9 Å². The van der Waals surface area contributed by atoms with Crippen molar-refractivity contribution < 1.29 is 19.5 Å². The van der Waals surface area contributed by atoms with Crippen LogP contribution in [0.2, 0.25) is 0 Å². The maximum absolute atomic E-state index is 11.0. The molecule has 3 rings (SSSR count). The zero-order valence-electron chi connectivity index (χ0n) is 18.6. The van der Waals surface area contributed by atoms with Crippen molar-refractivity contribution >= 4 is 11.7 Å². The molecule has 0 fully saturated rings. The molecule has 3 aromatic carbocycles. The lowest BCUT2D eigenvalue weighted by Gasteiger charge is -2.12. The summed E-state index contributed by atoms with van der Waals surface area (Å²) in [5, 5.41) is 13.4. The molecule has 32 heavy (non-hydrogen) atoms. The fourth-order valence-corrected chi connectivity index (χ4v) is 3.45. The number of aliphatic carboxylic acids is 1. The topological polar surface area (TPSA) is 68.1 Å². The fraction of sp³-hybridized carbons (Fsp3) is 0.259. The van der Waals surface area contributed by atoms with Gasteiger partial charge < -0.3 is 14.7 Å². The van der Waals surface area contributed by atoms with Gasteiger partial charge in [0, 0.05) is 0 Å². The number of carboxylic acid groups (broad SMARTS) is 1. The Morgan fingerprint density at radius 1 is 0.906 bits per heavy atom. The van der Waals surface area contributed by atoms with E-state index in [-0.39, 0.29) is 6.42 Å². The smallest absolute Gasteiger partial charge is 0.307 e. The third-order valence-corrected chi connectivity index (χ3v) is 5.16. The Kier molecular flexibility index (Phi) is 8.44. The van der Waals surface area contributed by atoms with Gasteiger partial charge in [0.15, 0.2) is 6.61 Å². The summed E-state index contributed by atoms with van der Waals surface area (Å²) in [6, 6.07) is 24.1. The summed E-state index contributed by atoms with van der Waals surface area (Å²) in [7, 11) is 0. The Hall–Kier alpha value is -3.60. The molecule has 166 valence electrons. The first kappa shape index (κ1) is 23.1. The molecule has 5 nitrogen and oxygen atoms in total. The summed E-state index contributed by atoms with van der Waals surface area (Å²) in [5.41, 5.74) is 5.89. The lowest BCUT2D eigenvalue weighted by molar-refractivity contribution is -0.136. The average Bonchev–Trinajstić information content (AvgIpc) is 2.81. The maximum Gasteiger partial charge on any atom is 0.307 e. The van der Waals surface area contributed by atoms with Crippen LogP contribution in [-0.2, 0) is 16.1 Å². The first-order valence-corrected chi connectivity index (χ1v) is 10.9. The highest BCUT2D eigenvalue weighted by molar-refractivity contribution is 6.00. The molecule has 0 unspecified atom stereocenters. The number of carboxylic acids is 1. The molecule has 0 heterocycles. The minimum Gasteiger partial charge on any atom is -0.490 e. The van der Waals surface area contributed by atoms with Gasteiger partial charge in [-0.2, -0.15) is 0 Å². The van der Waals surface area contributed by atoms with E-state index in [1.165, 1.54) is 11.1 Å². The van der Waals surface area contributed by atoms with Crippen molar-refractivity contribution in [2.24, 2.45) is 5.16 Å². The summed E-state index contributed by atoms with van der Waals surface area (Å²) in [6.45, 7) is 4.61. The van der Waals surface area contributed by atoms with E-state index in [1.54, 1.807) is 12.1 Å². The van der Waals surface area contributed by atoms with Crippen LogP contribution in [0.3, 0.4) is 0 Å². The van der Waals surface area contributed by atoms with Gasteiger partial charge in [0.2, 0.25) is 0 Å². The quantitative estimate of drug-likeness (QED) is 0.234. The van der Waals surface area contributed by atoms with Gasteiger partial charge in [-0.05, 0) is 47.2 Å². The third-order valence-electron chi connectivity index (χ3n) is 5.16. The van der Waals surface area contributed by atoms with Gasteiger partial charge in [-0.15, -0.1) is 0 Å². The number of ether oxygens (including phenoxy) is 1. The van der Waals surface area contributed by atoms with Gasteiger partial charge in [0.1, 0.15) is 12.4 Å². The van der Waals surface area contributed by atoms with Crippen LogP contribution in [0, 0.1) is 6.92 Å². The largest absolute Gasteiger partial charge is 0.490 e. The summed E-state index contributed by atoms with van der Waals surface area (Å²) >= 11 is 0. The van der Waals surface area contributed by atoms with Crippen LogP contribution >= 0.6 is 0 Å². The number of hydrogen-bond donors (Lipinski definition) is 1. The number of benzene rings is 3. The zero-order chi connectivity index (χ0) is 22.8. The molecule has 0 aliphatic heterocycles. The first-order valence-electron chi connectivity index (χ1n) is 10.9. The predicted molar refractivity (Wildman–Crippen MR) is 127 cm³/mol. The van der Waals surface area contributed by atoms with Gasteiger partial charge in [-0.25, -0.2) is 0 Å². The molecule has 0 amide bonds. The number of nitrogens with zero attached hydrogens (tertiary/aromatic N) is 1. The predicted octanol–water partition coefficient (Wildman–Crippen LogP) is 5.89. The summed E-state index contributed by atoms with van der Waals surface area (Å²) in [5.74, 6) is -0.190. The fourth-order valence-electron chi connectivity index (χ4n) is 3.45. The van der Waals surface area contributed by atoms with Gasteiger partial charge >= 0.3 is 5.97 Å². The van der Waals surface area contributed by atoms with E-state index in [2.05, 4.69) is 48.5 Å². The van der Waals surface area contributed by atoms with E-state index in [0.717, 1.165) is 35.2 Å². The molecule has 0 aliphatic carbocycles. The Balaban J connectivity index is 1.57. The third kappa shape index (κ3) is 6.45. The molecule has 0 bridgehead atoms. The van der Waals surface area contributed by atoms with Crippen molar-refractivity contribution in [2.45, 2.75) is 33.1 Å². The van der Waals surface area contributed by atoms with Gasteiger partial charge in [-0.1, -0.05) is 85.2 Å². The van der Waals surface area contributed by atoms with Crippen molar-refractivity contribution in [1.29, 1.82) is 0 Å². The second-order valence-electron chi connectivity index (χ2n) is 7.52. The molecule has 0 aliphatic rings. The molecule has 0 spiro atoms. The second kappa shape index (κ2) is 11.7. The summed E-state index contributed by atoms with van der Waals surface area (Å²) in [6.07, 6.45) is 1.77. The van der Waals surface area contributed by atoms with Crippen molar-refractivity contribution in [2.75, 3.05) is 13.2 Å². The van der Waals surface area contributed by atoms with E-state index >= 15 is 0 Å². The number of oxime groups is 1. The second-order valence-corrected chi connectivity index (χ2v) is 7.52. The van der Waals surface area contributed by atoms with Crippen molar-refractivity contribution in [1.82, 2.24) is 0 Å². The molecule has 0 radical (unpaired) electrons. The maximum atomic E-state index is 11.0. The summed E-state index contributed by atoms with van der Waals surface area (Å²) < 4.78 is 5.78. The highest BCUT2D eigenvalue weighted by Crippen LogP contribution is 2.22.